The van der Waals surface area contributed by atoms with E-state index in [1.165, 1.54) is 18.4 Å². The first-order valence-corrected chi connectivity index (χ1v) is 5.42. The molecule has 0 bridgehead atoms. The zero-order chi connectivity index (χ0) is 11.7. The maximum absolute atomic E-state index is 10.8. The third-order valence-electron chi connectivity index (χ3n) is 2.27. The van der Waals surface area contributed by atoms with Crippen LogP contribution in [0.1, 0.15) is 15.2 Å². The van der Waals surface area contributed by atoms with E-state index in [4.69, 9.17) is 14.9 Å². The largest absolute Gasteiger partial charge is 0.496 e. The maximum atomic E-state index is 10.8. The minimum atomic E-state index is -0.950. The summed E-state index contributed by atoms with van der Waals surface area (Å²) in [6, 6.07) is 5.07. The number of fused-ring (bicyclic) bond motifs is 1. The minimum absolute atomic E-state index is 0.0907. The Labute approximate surface area is 95.7 Å². The molecule has 0 aliphatic rings. The standard InChI is InChI=1S/C11H10O4S/c1-15-8-2-6(5-12)3-9-7(8)4-10(16-9)11(13)14/h2-4,12H,5H2,1H3,(H,13,14). The summed E-state index contributed by atoms with van der Waals surface area (Å²) in [5.41, 5.74) is 0.711. The predicted molar refractivity (Wildman–Crippen MR) is 61.3 cm³/mol. The molecule has 0 fully saturated rings. The Kier molecular flexibility index (Phi) is 2.80. The molecular weight excluding hydrogens is 228 g/mol. The molecule has 0 spiro atoms. The van der Waals surface area contributed by atoms with Gasteiger partial charge in [-0.25, -0.2) is 4.79 Å². The van der Waals surface area contributed by atoms with E-state index in [-0.39, 0.29) is 11.5 Å². The number of hydrogen-bond donors (Lipinski definition) is 2. The van der Waals surface area contributed by atoms with Crippen LogP contribution in [0.2, 0.25) is 0 Å². The molecule has 2 aromatic rings. The number of benzene rings is 1. The third kappa shape index (κ3) is 1.75. The van der Waals surface area contributed by atoms with Gasteiger partial charge in [-0.1, -0.05) is 0 Å². The molecule has 2 N–H and O–H groups in total. The molecule has 16 heavy (non-hydrogen) atoms. The molecule has 4 nitrogen and oxygen atoms in total. The monoisotopic (exact) mass is 238 g/mol. The number of thiophene rings is 1. The molecule has 84 valence electrons. The molecule has 0 aliphatic heterocycles. The van der Waals surface area contributed by atoms with Gasteiger partial charge in [0.15, 0.2) is 0 Å². The van der Waals surface area contributed by atoms with Crippen LogP contribution in [0.3, 0.4) is 0 Å². The van der Waals surface area contributed by atoms with E-state index in [1.54, 1.807) is 18.2 Å². The van der Waals surface area contributed by atoms with Crippen molar-refractivity contribution in [2.45, 2.75) is 6.61 Å². The average Bonchev–Trinajstić information content (AvgIpc) is 2.71. The lowest BCUT2D eigenvalue weighted by Crippen LogP contribution is -1.90. The summed E-state index contributed by atoms with van der Waals surface area (Å²) in [7, 11) is 1.52. The van der Waals surface area contributed by atoms with E-state index in [9.17, 15) is 4.79 Å². The van der Waals surface area contributed by atoms with Crippen molar-refractivity contribution < 1.29 is 19.7 Å². The Bertz CT molecular complexity index is 544. The summed E-state index contributed by atoms with van der Waals surface area (Å²) < 4.78 is 5.97. The Hall–Kier alpha value is -1.59. The van der Waals surface area contributed by atoms with Crippen LogP contribution in [0.5, 0.6) is 5.75 Å². The molecule has 5 heteroatoms. The van der Waals surface area contributed by atoms with Crippen molar-refractivity contribution in [1.29, 1.82) is 0 Å². The molecule has 0 unspecified atom stereocenters. The Balaban J connectivity index is 2.69. The van der Waals surface area contributed by atoms with Crippen LogP contribution in [0, 0.1) is 0 Å². The molecule has 0 saturated carbocycles. The Morgan fingerprint density at radius 3 is 2.75 bits per heavy atom. The Morgan fingerprint density at radius 2 is 2.19 bits per heavy atom. The smallest absolute Gasteiger partial charge is 0.345 e. The van der Waals surface area contributed by atoms with Crippen LogP contribution in [0.25, 0.3) is 10.1 Å². The lowest BCUT2D eigenvalue weighted by atomic mass is 10.1. The number of hydrogen-bond acceptors (Lipinski definition) is 4. The van der Waals surface area contributed by atoms with Crippen molar-refractivity contribution in [1.82, 2.24) is 0 Å². The first-order chi connectivity index (χ1) is 7.65. The predicted octanol–water partition coefficient (Wildman–Crippen LogP) is 2.10. The first kappa shape index (κ1) is 10.9. The summed E-state index contributed by atoms with van der Waals surface area (Å²) in [6.07, 6.45) is 0. The highest BCUT2D eigenvalue weighted by Crippen LogP contribution is 2.34. The van der Waals surface area contributed by atoms with Gasteiger partial charge in [0.05, 0.1) is 13.7 Å². The molecule has 1 aromatic heterocycles. The second-order valence-electron chi connectivity index (χ2n) is 3.28. The summed E-state index contributed by atoms with van der Waals surface area (Å²) in [5.74, 6) is -0.362. The van der Waals surface area contributed by atoms with Crippen molar-refractivity contribution in [3.63, 3.8) is 0 Å². The van der Waals surface area contributed by atoms with Gasteiger partial charge in [-0.3, -0.25) is 0 Å². The van der Waals surface area contributed by atoms with Gasteiger partial charge >= 0.3 is 5.97 Å². The lowest BCUT2D eigenvalue weighted by Gasteiger charge is -2.03. The number of rotatable bonds is 3. The van der Waals surface area contributed by atoms with Crippen LogP contribution in [0.4, 0.5) is 0 Å². The number of carbonyl (C=O) groups is 1. The zero-order valence-corrected chi connectivity index (χ0v) is 9.37. The molecule has 0 saturated heterocycles. The van der Waals surface area contributed by atoms with Gasteiger partial charge in [-0.05, 0) is 23.8 Å². The molecule has 1 heterocycles. The summed E-state index contributed by atoms with van der Waals surface area (Å²) in [5, 5.41) is 18.7. The fourth-order valence-electron chi connectivity index (χ4n) is 1.53. The van der Waals surface area contributed by atoms with Crippen molar-refractivity contribution in [3.8, 4) is 5.75 Å². The highest BCUT2D eigenvalue weighted by atomic mass is 32.1. The van der Waals surface area contributed by atoms with E-state index in [0.717, 1.165) is 10.1 Å². The van der Waals surface area contributed by atoms with Crippen molar-refractivity contribution in [3.05, 3.63) is 28.6 Å². The van der Waals surface area contributed by atoms with Crippen molar-refractivity contribution in [2.24, 2.45) is 0 Å². The molecule has 0 atom stereocenters. The summed E-state index contributed by atoms with van der Waals surface area (Å²) in [6.45, 7) is -0.0907. The second kappa shape index (κ2) is 4.11. The molecular formula is C11H10O4S. The number of carboxylic acids is 1. The third-order valence-corrected chi connectivity index (χ3v) is 3.34. The number of aliphatic hydroxyl groups is 1. The molecule has 0 radical (unpaired) electrons. The van der Waals surface area contributed by atoms with Gasteiger partial charge in [0, 0.05) is 10.1 Å². The van der Waals surface area contributed by atoms with E-state index >= 15 is 0 Å². The van der Waals surface area contributed by atoms with Crippen LogP contribution in [-0.2, 0) is 6.61 Å². The number of methoxy groups -OCH3 is 1. The topological polar surface area (TPSA) is 66.8 Å². The second-order valence-corrected chi connectivity index (χ2v) is 4.37. The van der Waals surface area contributed by atoms with Crippen LogP contribution >= 0.6 is 11.3 Å². The van der Waals surface area contributed by atoms with Gasteiger partial charge in [0.25, 0.3) is 0 Å². The van der Waals surface area contributed by atoms with Crippen LogP contribution < -0.4 is 4.74 Å². The molecule has 2 rings (SSSR count). The van der Waals surface area contributed by atoms with E-state index in [2.05, 4.69) is 0 Å². The van der Waals surface area contributed by atoms with Crippen LogP contribution in [0.15, 0.2) is 18.2 Å². The SMILES string of the molecule is COc1cc(CO)cc2sc(C(=O)O)cc12. The van der Waals surface area contributed by atoms with E-state index in [0.29, 0.717) is 11.3 Å². The van der Waals surface area contributed by atoms with Gasteiger partial charge in [-0.2, -0.15) is 0 Å². The quantitative estimate of drug-likeness (QED) is 0.859. The minimum Gasteiger partial charge on any atom is -0.496 e. The van der Waals surface area contributed by atoms with Crippen molar-refractivity contribution >= 4 is 27.4 Å². The van der Waals surface area contributed by atoms with Gasteiger partial charge in [0.1, 0.15) is 10.6 Å². The summed E-state index contributed by atoms with van der Waals surface area (Å²) >= 11 is 1.17. The number of aromatic carboxylic acids is 1. The van der Waals surface area contributed by atoms with E-state index in [1.807, 2.05) is 0 Å². The van der Waals surface area contributed by atoms with Gasteiger partial charge in [-0.15, -0.1) is 11.3 Å². The molecule has 1 aromatic carbocycles. The Morgan fingerprint density at radius 1 is 1.44 bits per heavy atom. The summed E-state index contributed by atoms with van der Waals surface area (Å²) in [4.78, 5) is 11.1. The van der Waals surface area contributed by atoms with Crippen LogP contribution in [-0.4, -0.2) is 23.3 Å². The highest BCUT2D eigenvalue weighted by molar-refractivity contribution is 7.20. The van der Waals surface area contributed by atoms with Crippen molar-refractivity contribution in [2.75, 3.05) is 7.11 Å². The normalized spacial score (nSPS) is 10.6. The molecule has 0 aliphatic carbocycles. The first-order valence-electron chi connectivity index (χ1n) is 4.60. The fraction of sp³-hybridized carbons (Fsp3) is 0.182. The van der Waals surface area contributed by atoms with Gasteiger partial charge in [0.2, 0.25) is 0 Å². The number of ether oxygens (including phenoxy) is 1. The average molecular weight is 238 g/mol. The fourth-order valence-corrected chi connectivity index (χ4v) is 2.51. The maximum Gasteiger partial charge on any atom is 0.345 e. The van der Waals surface area contributed by atoms with Gasteiger partial charge < -0.3 is 14.9 Å². The zero-order valence-electron chi connectivity index (χ0n) is 8.56. The van der Waals surface area contributed by atoms with E-state index < -0.39 is 5.97 Å². The number of carboxylic acid groups (broad SMARTS) is 1. The molecule has 0 amide bonds. The highest BCUT2D eigenvalue weighted by Gasteiger charge is 2.12. The number of aliphatic hydroxyl groups excluding tert-OH is 1. The lowest BCUT2D eigenvalue weighted by molar-refractivity contribution is 0.0702.